The van der Waals surface area contributed by atoms with Crippen molar-refractivity contribution < 1.29 is 14.0 Å². The molecule has 4 aromatic rings. The molecule has 0 unspecified atom stereocenters. The molecule has 0 fully saturated rings. The Labute approximate surface area is 172 Å². The summed E-state index contributed by atoms with van der Waals surface area (Å²) in [7, 11) is 0. The Morgan fingerprint density at radius 2 is 1.59 bits per heavy atom. The molecule has 5 nitrogen and oxygen atoms in total. The maximum atomic E-state index is 13.0. The second-order valence-corrected chi connectivity index (χ2v) is 7.18. The van der Waals surface area contributed by atoms with Gasteiger partial charge in [0.2, 0.25) is 0 Å². The fourth-order valence-electron chi connectivity index (χ4n) is 2.94. The molecule has 29 heavy (non-hydrogen) atoms. The summed E-state index contributed by atoms with van der Waals surface area (Å²) in [5.74, 6) is 0.127. The maximum Gasteiger partial charge on any atom is 0.256 e. The van der Waals surface area contributed by atoms with Crippen LogP contribution in [0.15, 0.2) is 88.9 Å². The summed E-state index contributed by atoms with van der Waals surface area (Å²) >= 11 is 1.33. The minimum atomic E-state index is -0.273. The summed E-state index contributed by atoms with van der Waals surface area (Å²) in [6.07, 6.45) is 1.56. The summed E-state index contributed by atoms with van der Waals surface area (Å²) < 4.78 is 5.29. The zero-order valence-corrected chi connectivity index (χ0v) is 16.2. The summed E-state index contributed by atoms with van der Waals surface area (Å²) in [5.41, 5.74) is 2.66. The quantitative estimate of drug-likeness (QED) is 0.466. The van der Waals surface area contributed by atoms with E-state index in [1.807, 2.05) is 41.8 Å². The van der Waals surface area contributed by atoms with E-state index in [1.54, 1.807) is 42.7 Å². The molecule has 2 amide bonds. The van der Waals surface area contributed by atoms with Gasteiger partial charge in [-0.05, 0) is 29.8 Å². The third-order valence-corrected chi connectivity index (χ3v) is 5.26. The highest BCUT2D eigenvalue weighted by molar-refractivity contribution is 7.15. The van der Waals surface area contributed by atoms with Crippen molar-refractivity contribution in [1.29, 1.82) is 0 Å². The SMILES string of the molecule is O=C(Nc1scc(-c2ccccc2)c1C(=O)NCc1ccco1)c1ccccc1. The zero-order chi connectivity index (χ0) is 20.1. The highest BCUT2D eigenvalue weighted by atomic mass is 32.1. The number of benzene rings is 2. The zero-order valence-electron chi connectivity index (χ0n) is 15.4. The maximum absolute atomic E-state index is 13.0. The monoisotopic (exact) mass is 402 g/mol. The van der Waals surface area contributed by atoms with Gasteiger partial charge in [-0.2, -0.15) is 0 Å². The second-order valence-electron chi connectivity index (χ2n) is 6.30. The lowest BCUT2D eigenvalue weighted by atomic mass is 10.0. The molecule has 0 bridgehead atoms. The smallest absolute Gasteiger partial charge is 0.256 e. The Morgan fingerprint density at radius 1 is 0.862 bits per heavy atom. The van der Waals surface area contributed by atoms with Crippen LogP contribution in [0.2, 0.25) is 0 Å². The lowest BCUT2D eigenvalue weighted by Crippen LogP contribution is -2.24. The number of nitrogens with one attached hydrogen (secondary N) is 2. The standard InChI is InChI=1S/C23H18N2O3S/c26-21(17-10-5-2-6-11-17)25-23-20(22(27)24-14-18-12-7-13-28-18)19(15-29-23)16-8-3-1-4-9-16/h1-13,15H,14H2,(H,24,27)(H,25,26). The molecule has 6 heteroatoms. The van der Waals surface area contributed by atoms with Gasteiger partial charge < -0.3 is 15.1 Å². The molecule has 4 rings (SSSR count). The Hall–Kier alpha value is -3.64. The normalized spacial score (nSPS) is 10.5. The first-order valence-electron chi connectivity index (χ1n) is 9.06. The van der Waals surface area contributed by atoms with Crippen LogP contribution in [0, 0.1) is 0 Å². The fourth-order valence-corrected chi connectivity index (χ4v) is 3.90. The second kappa shape index (κ2) is 8.58. The molecule has 0 aliphatic carbocycles. The van der Waals surface area contributed by atoms with Crippen LogP contribution in [0.3, 0.4) is 0 Å². The lowest BCUT2D eigenvalue weighted by Gasteiger charge is -2.10. The fraction of sp³-hybridized carbons (Fsp3) is 0.0435. The number of furan rings is 1. The number of thiophene rings is 1. The van der Waals surface area contributed by atoms with Crippen molar-refractivity contribution >= 4 is 28.2 Å². The first-order chi connectivity index (χ1) is 14.2. The minimum Gasteiger partial charge on any atom is -0.467 e. The van der Waals surface area contributed by atoms with Gasteiger partial charge in [0.1, 0.15) is 10.8 Å². The number of anilines is 1. The van der Waals surface area contributed by atoms with Gasteiger partial charge in [0.05, 0.1) is 18.4 Å². The first kappa shape index (κ1) is 18.7. The number of amides is 2. The third kappa shape index (κ3) is 4.28. The number of rotatable bonds is 6. The molecule has 0 aliphatic rings. The van der Waals surface area contributed by atoms with E-state index in [2.05, 4.69) is 10.6 Å². The molecule has 0 saturated carbocycles. The topological polar surface area (TPSA) is 71.3 Å². The molecular weight excluding hydrogens is 384 g/mol. The third-order valence-electron chi connectivity index (χ3n) is 4.37. The van der Waals surface area contributed by atoms with Crippen molar-refractivity contribution in [3.05, 3.63) is 101 Å². The van der Waals surface area contributed by atoms with Crippen LogP contribution in [0.5, 0.6) is 0 Å². The van der Waals surface area contributed by atoms with E-state index in [9.17, 15) is 9.59 Å². The van der Waals surface area contributed by atoms with Gasteiger partial charge in [0.25, 0.3) is 11.8 Å². The molecule has 2 N–H and O–H groups in total. The van der Waals surface area contributed by atoms with Crippen molar-refractivity contribution in [2.75, 3.05) is 5.32 Å². The van der Waals surface area contributed by atoms with E-state index in [1.165, 1.54) is 11.3 Å². The van der Waals surface area contributed by atoms with Crippen LogP contribution >= 0.6 is 11.3 Å². The minimum absolute atomic E-state index is 0.257. The Balaban J connectivity index is 1.64. The van der Waals surface area contributed by atoms with Crippen molar-refractivity contribution in [1.82, 2.24) is 5.32 Å². The van der Waals surface area contributed by atoms with Crippen molar-refractivity contribution in [2.24, 2.45) is 0 Å². The number of carbonyl (C=O) groups excluding carboxylic acids is 2. The van der Waals surface area contributed by atoms with Gasteiger partial charge in [-0.25, -0.2) is 0 Å². The number of carbonyl (C=O) groups is 2. The molecule has 2 heterocycles. The van der Waals surface area contributed by atoms with E-state index in [-0.39, 0.29) is 18.4 Å². The average molecular weight is 402 g/mol. The van der Waals surface area contributed by atoms with Crippen LogP contribution in [-0.2, 0) is 6.54 Å². The summed E-state index contributed by atoms with van der Waals surface area (Å²) in [6, 6.07) is 22.1. The average Bonchev–Trinajstić information content (AvgIpc) is 3.43. The van der Waals surface area contributed by atoms with Gasteiger partial charge in [-0.15, -0.1) is 11.3 Å². The van der Waals surface area contributed by atoms with E-state index in [4.69, 9.17) is 4.42 Å². The highest BCUT2D eigenvalue weighted by Crippen LogP contribution is 2.36. The van der Waals surface area contributed by atoms with Crippen molar-refractivity contribution in [3.8, 4) is 11.1 Å². The molecule has 0 aliphatic heterocycles. The summed E-state index contributed by atoms with van der Waals surface area (Å²) in [5, 5.41) is 8.16. The summed E-state index contributed by atoms with van der Waals surface area (Å²) in [6.45, 7) is 0.266. The van der Waals surface area contributed by atoms with E-state index < -0.39 is 0 Å². The van der Waals surface area contributed by atoms with Crippen LogP contribution in [0.25, 0.3) is 11.1 Å². The van der Waals surface area contributed by atoms with Gasteiger partial charge in [-0.3, -0.25) is 9.59 Å². The Kier molecular flexibility index (Phi) is 5.54. The van der Waals surface area contributed by atoms with Crippen LogP contribution in [-0.4, -0.2) is 11.8 Å². The molecule has 2 aromatic heterocycles. The molecular formula is C23H18N2O3S. The van der Waals surface area contributed by atoms with Gasteiger partial charge in [0, 0.05) is 16.5 Å². The van der Waals surface area contributed by atoms with E-state index in [0.717, 1.165) is 11.1 Å². The van der Waals surface area contributed by atoms with Crippen LogP contribution in [0.1, 0.15) is 26.5 Å². The molecule has 144 valence electrons. The number of hydrogen-bond acceptors (Lipinski definition) is 4. The van der Waals surface area contributed by atoms with E-state index >= 15 is 0 Å². The van der Waals surface area contributed by atoms with Gasteiger partial charge >= 0.3 is 0 Å². The predicted octanol–water partition coefficient (Wildman–Crippen LogP) is 5.19. The molecule has 0 spiro atoms. The summed E-state index contributed by atoms with van der Waals surface area (Å²) in [4.78, 5) is 25.7. The van der Waals surface area contributed by atoms with Crippen LogP contribution in [0.4, 0.5) is 5.00 Å². The van der Waals surface area contributed by atoms with Gasteiger partial charge in [0.15, 0.2) is 0 Å². The Morgan fingerprint density at radius 3 is 2.28 bits per heavy atom. The molecule has 0 saturated heterocycles. The van der Waals surface area contributed by atoms with Crippen molar-refractivity contribution in [3.63, 3.8) is 0 Å². The van der Waals surface area contributed by atoms with E-state index in [0.29, 0.717) is 21.9 Å². The largest absolute Gasteiger partial charge is 0.467 e. The number of hydrogen-bond donors (Lipinski definition) is 2. The first-order valence-corrected chi connectivity index (χ1v) is 9.94. The lowest BCUT2D eigenvalue weighted by molar-refractivity contribution is 0.0950. The Bertz CT molecular complexity index is 1100. The van der Waals surface area contributed by atoms with Gasteiger partial charge in [-0.1, -0.05) is 48.5 Å². The predicted molar refractivity (Wildman–Crippen MR) is 114 cm³/mol. The highest BCUT2D eigenvalue weighted by Gasteiger charge is 2.22. The molecule has 2 aromatic carbocycles. The van der Waals surface area contributed by atoms with Crippen molar-refractivity contribution in [2.45, 2.75) is 6.54 Å². The molecule has 0 radical (unpaired) electrons. The molecule has 0 atom stereocenters. The van der Waals surface area contributed by atoms with Crippen LogP contribution < -0.4 is 10.6 Å².